The zero-order valence-corrected chi connectivity index (χ0v) is 13.9. The summed E-state index contributed by atoms with van der Waals surface area (Å²) in [5, 5.41) is 3.59. The van der Waals surface area contributed by atoms with Crippen molar-refractivity contribution in [2.24, 2.45) is 0 Å². The normalized spacial score (nSPS) is 13.6. The minimum absolute atomic E-state index is 0.777. The molecule has 0 fully saturated rings. The molecule has 1 aliphatic carbocycles. The molecule has 2 nitrogen and oxygen atoms in total. The molecule has 21 heavy (non-hydrogen) atoms. The number of benzene rings is 2. The topological polar surface area (TPSA) is 21.3 Å². The molecule has 2 aromatic carbocycles. The smallest absolute Gasteiger partial charge is 0.123 e. The molecule has 0 aliphatic heterocycles. The highest BCUT2D eigenvalue weighted by atomic mass is 79.9. The summed E-state index contributed by atoms with van der Waals surface area (Å²) in [5.41, 5.74) is 5.44. The number of nitrogens with one attached hydrogen (secondary N) is 1. The van der Waals surface area contributed by atoms with Crippen molar-refractivity contribution < 1.29 is 4.74 Å². The third-order valence-corrected chi connectivity index (χ3v) is 4.60. The first kappa shape index (κ1) is 14.5. The zero-order chi connectivity index (χ0) is 14.7. The van der Waals surface area contributed by atoms with E-state index in [1.54, 1.807) is 7.11 Å². The van der Waals surface area contributed by atoms with Crippen LogP contribution in [0.1, 0.15) is 29.5 Å². The molecule has 0 radical (unpaired) electrons. The molecule has 0 saturated carbocycles. The minimum atomic E-state index is 0.777. The lowest BCUT2D eigenvalue weighted by Crippen LogP contribution is -2.09. The van der Waals surface area contributed by atoms with Crippen molar-refractivity contribution in [1.82, 2.24) is 0 Å². The van der Waals surface area contributed by atoms with Crippen LogP contribution in [0, 0.1) is 0 Å². The minimum Gasteiger partial charge on any atom is -0.496 e. The summed E-state index contributed by atoms with van der Waals surface area (Å²) in [5.74, 6) is 0.926. The molecule has 0 aromatic heterocycles. The number of anilines is 1. The number of methoxy groups -OCH3 is 1. The van der Waals surface area contributed by atoms with Gasteiger partial charge in [-0.05, 0) is 61.1 Å². The lowest BCUT2D eigenvalue weighted by atomic mass is 9.90. The second-order valence-corrected chi connectivity index (χ2v) is 6.38. The maximum atomic E-state index is 5.44. The predicted octanol–water partition coefficient (Wildman–Crippen LogP) is 4.95. The van der Waals surface area contributed by atoms with Gasteiger partial charge in [0.15, 0.2) is 0 Å². The van der Waals surface area contributed by atoms with Gasteiger partial charge in [0, 0.05) is 22.3 Å². The highest BCUT2D eigenvalue weighted by Crippen LogP contribution is 2.29. The van der Waals surface area contributed by atoms with Gasteiger partial charge in [0.25, 0.3) is 0 Å². The lowest BCUT2D eigenvalue weighted by Gasteiger charge is -2.20. The van der Waals surface area contributed by atoms with Gasteiger partial charge in [-0.15, -0.1) is 0 Å². The van der Waals surface area contributed by atoms with Gasteiger partial charge in [-0.2, -0.15) is 0 Å². The Bertz CT molecular complexity index is 639. The Morgan fingerprint density at radius 3 is 2.86 bits per heavy atom. The molecule has 1 N–H and O–H groups in total. The monoisotopic (exact) mass is 345 g/mol. The van der Waals surface area contributed by atoms with Gasteiger partial charge in [-0.1, -0.05) is 28.1 Å². The predicted molar refractivity (Wildman–Crippen MR) is 91.1 cm³/mol. The number of ether oxygens (including phenoxy) is 1. The van der Waals surface area contributed by atoms with Gasteiger partial charge < -0.3 is 10.1 Å². The summed E-state index contributed by atoms with van der Waals surface area (Å²) >= 11 is 3.53. The molecule has 0 heterocycles. The third kappa shape index (κ3) is 3.24. The van der Waals surface area contributed by atoms with E-state index in [9.17, 15) is 0 Å². The van der Waals surface area contributed by atoms with Crippen LogP contribution in [0.2, 0.25) is 0 Å². The van der Waals surface area contributed by atoms with Crippen LogP contribution in [0.15, 0.2) is 40.9 Å². The summed E-state index contributed by atoms with van der Waals surface area (Å²) in [4.78, 5) is 0. The summed E-state index contributed by atoms with van der Waals surface area (Å²) < 4.78 is 6.52. The summed E-state index contributed by atoms with van der Waals surface area (Å²) in [6.45, 7) is 0.777. The van der Waals surface area contributed by atoms with Crippen LogP contribution in [0.25, 0.3) is 0 Å². The number of fused-ring (bicyclic) bond motifs is 1. The Balaban J connectivity index is 1.81. The summed E-state index contributed by atoms with van der Waals surface area (Å²) in [6, 6.07) is 12.7. The summed E-state index contributed by atoms with van der Waals surface area (Å²) in [7, 11) is 1.72. The van der Waals surface area contributed by atoms with Crippen LogP contribution < -0.4 is 10.1 Å². The van der Waals surface area contributed by atoms with Crippen LogP contribution in [0.5, 0.6) is 5.75 Å². The molecular formula is C18H20BrNO. The Morgan fingerprint density at radius 2 is 2.00 bits per heavy atom. The van der Waals surface area contributed by atoms with Crippen molar-refractivity contribution in [3.05, 3.63) is 57.6 Å². The average molecular weight is 346 g/mol. The van der Waals surface area contributed by atoms with E-state index in [0.29, 0.717) is 0 Å². The highest BCUT2D eigenvalue weighted by Gasteiger charge is 2.13. The number of aryl methyl sites for hydroxylation is 1. The van der Waals surface area contributed by atoms with Gasteiger partial charge in [-0.25, -0.2) is 0 Å². The number of halogens is 1. The van der Waals surface area contributed by atoms with E-state index in [1.807, 2.05) is 12.1 Å². The van der Waals surface area contributed by atoms with E-state index in [2.05, 4.69) is 45.5 Å². The second-order valence-electron chi connectivity index (χ2n) is 5.46. The van der Waals surface area contributed by atoms with Crippen molar-refractivity contribution in [2.45, 2.75) is 32.2 Å². The second kappa shape index (κ2) is 6.52. The molecule has 2 aromatic rings. The van der Waals surface area contributed by atoms with Crippen molar-refractivity contribution >= 4 is 21.6 Å². The maximum absolute atomic E-state index is 5.44. The molecule has 0 saturated heterocycles. The van der Waals surface area contributed by atoms with E-state index in [-0.39, 0.29) is 0 Å². The first-order chi connectivity index (χ1) is 10.3. The summed E-state index contributed by atoms with van der Waals surface area (Å²) in [6.07, 6.45) is 5.01. The van der Waals surface area contributed by atoms with Gasteiger partial charge >= 0.3 is 0 Å². The SMILES string of the molecule is COc1ccc(Br)cc1CNc1cccc2c1CCCC2. The van der Waals surface area contributed by atoms with Crippen LogP contribution >= 0.6 is 15.9 Å². The van der Waals surface area contributed by atoms with Gasteiger partial charge in [0.1, 0.15) is 5.75 Å². The van der Waals surface area contributed by atoms with E-state index < -0.39 is 0 Å². The van der Waals surface area contributed by atoms with Crippen LogP contribution in [-0.2, 0) is 19.4 Å². The van der Waals surface area contributed by atoms with E-state index in [1.165, 1.54) is 48.1 Å². The Kier molecular flexibility index (Phi) is 4.49. The van der Waals surface area contributed by atoms with Gasteiger partial charge in [-0.3, -0.25) is 0 Å². The molecule has 110 valence electrons. The van der Waals surface area contributed by atoms with Crippen LogP contribution in [-0.4, -0.2) is 7.11 Å². The molecule has 3 heteroatoms. The van der Waals surface area contributed by atoms with Gasteiger partial charge in [0.2, 0.25) is 0 Å². The van der Waals surface area contributed by atoms with Gasteiger partial charge in [0.05, 0.1) is 7.11 Å². The Hall–Kier alpha value is -1.48. The van der Waals surface area contributed by atoms with Crippen LogP contribution in [0.3, 0.4) is 0 Å². The number of hydrogen-bond donors (Lipinski definition) is 1. The van der Waals surface area contributed by atoms with Crippen molar-refractivity contribution in [1.29, 1.82) is 0 Å². The molecule has 0 spiro atoms. The average Bonchev–Trinajstić information content (AvgIpc) is 2.53. The fourth-order valence-electron chi connectivity index (χ4n) is 3.02. The fourth-order valence-corrected chi connectivity index (χ4v) is 3.43. The maximum Gasteiger partial charge on any atom is 0.123 e. The fraction of sp³-hybridized carbons (Fsp3) is 0.333. The van der Waals surface area contributed by atoms with E-state index in [4.69, 9.17) is 4.74 Å². The van der Waals surface area contributed by atoms with E-state index in [0.717, 1.165) is 16.8 Å². The lowest BCUT2D eigenvalue weighted by molar-refractivity contribution is 0.410. The quantitative estimate of drug-likeness (QED) is 0.846. The molecule has 3 rings (SSSR count). The first-order valence-electron chi connectivity index (χ1n) is 7.45. The molecule has 0 unspecified atom stereocenters. The Morgan fingerprint density at radius 1 is 1.14 bits per heavy atom. The van der Waals surface area contributed by atoms with Crippen molar-refractivity contribution in [3.8, 4) is 5.75 Å². The molecule has 0 bridgehead atoms. The number of hydrogen-bond acceptors (Lipinski definition) is 2. The first-order valence-corrected chi connectivity index (χ1v) is 8.24. The van der Waals surface area contributed by atoms with E-state index >= 15 is 0 Å². The largest absolute Gasteiger partial charge is 0.496 e. The molecule has 0 amide bonds. The molecule has 1 aliphatic rings. The highest BCUT2D eigenvalue weighted by molar-refractivity contribution is 9.10. The standard InChI is InChI=1S/C18H20BrNO/c1-21-18-10-9-15(19)11-14(18)12-20-17-8-4-6-13-5-2-3-7-16(13)17/h4,6,8-11,20H,2-3,5,7,12H2,1H3. The molecular weight excluding hydrogens is 326 g/mol. The Labute approximate surface area is 134 Å². The van der Waals surface area contributed by atoms with Crippen LogP contribution in [0.4, 0.5) is 5.69 Å². The zero-order valence-electron chi connectivity index (χ0n) is 12.3. The van der Waals surface area contributed by atoms with Crippen molar-refractivity contribution in [2.75, 3.05) is 12.4 Å². The molecule has 0 atom stereocenters. The van der Waals surface area contributed by atoms with Crippen molar-refractivity contribution in [3.63, 3.8) is 0 Å². The number of rotatable bonds is 4. The third-order valence-electron chi connectivity index (χ3n) is 4.11.